The Bertz CT molecular complexity index is 336. The second-order valence-corrected chi connectivity index (χ2v) is 5.92. The fourth-order valence-electron chi connectivity index (χ4n) is 2.75. The maximum atomic E-state index is 12.4. The molecule has 0 spiro atoms. The summed E-state index contributed by atoms with van der Waals surface area (Å²) in [5, 5.41) is 9.25. The zero-order valence-electron chi connectivity index (χ0n) is 12.5. The molecule has 5 nitrogen and oxygen atoms in total. The predicted octanol–water partition coefficient (Wildman–Crippen LogP) is 2.41. The molecule has 2 amide bonds. The van der Waals surface area contributed by atoms with Gasteiger partial charge < -0.3 is 14.9 Å². The average molecular weight is 270 g/mol. The van der Waals surface area contributed by atoms with Crippen LogP contribution >= 0.6 is 0 Å². The number of carboxylic acid groups (broad SMARTS) is 1. The minimum Gasteiger partial charge on any atom is -0.480 e. The standard InChI is InChI=1S/C14H26N2O3/c1-5-16(14(2,3)12(17)18)13(19)15(4)10-11-8-6-7-9-11/h11H,5-10H2,1-4H3,(H,17,18). The Morgan fingerprint density at radius 1 is 1.26 bits per heavy atom. The fourth-order valence-corrected chi connectivity index (χ4v) is 2.75. The Kier molecular flexibility index (Phi) is 5.20. The number of aliphatic carboxylic acids is 1. The molecule has 0 aromatic carbocycles. The van der Waals surface area contributed by atoms with Crippen molar-refractivity contribution in [2.45, 2.75) is 52.0 Å². The fraction of sp³-hybridized carbons (Fsp3) is 0.857. The molecular weight excluding hydrogens is 244 g/mol. The highest BCUT2D eigenvalue weighted by molar-refractivity contribution is 5.85. The van der Waals surface area contributed by atoms with Crippen LogP contribution in [0.15, 0.2) is 0 Å². The number of carboxylic acids is 1. The van der Waals surface area contributed by atoms with Crippen LogP contribution in [0.4, 0.5) is 4.79 Å². The summed E-state index contributed by atoms with van der Waals surface area (Å²) in [4.78, 5) is 26.8. The number of hydrogen-bond donors (Lipinski definition) is 1. The van der Waals surface area contributed by atoms with E-state index in [-0.39, 0.29) is 6.03 Å². The monoisotopic (exact) mass is 270 g/mol. The van der Waals surface area contributed by atoms with E-state index in [1.165, 1.54) is 30.6 Å². The van der Waals surface area contributed by atoms with Crippen molar-refractivity contribution in [3.8, 4) is 0 Å². The molecule has 1 rings (SSSR count). The van der Waals surface area contributed by atoms with Gasteiger partial charge >= 0.3 is 12.0 Å². The molecule has 5 heteroatoms. The second kappa shape index (κ2) is 6.26. The Labute approximate surface area is 115 Å². The van der Waals surface area contributed by atoms with Crippen LogP contribution in [0.3, 0.4) is 0 Å². The first-order chi connectivity index (χ1) is 8.80. The van der Waals surface area contributed by atoms with Gasteiger partial charge in [-0.3, -0.25) is 0 Å². The molecule has 0 aromatic rings. The molecule has 0 aromatic heterocycles. The Hall–Kier alpha value is -1.26. The molecule has 0 heterocycles. The number of nitrogens with zero attached hydrogens (tertiary/aromatic N) is 2. The van der Waals surface area contributed by atoms with Crippen LogP contribution in [0.1, 0.15) is 46.5 Å². The van der Waals surface area contributed by atoms with Crippen molar-refractivity contribution in [3.05, 3.63) is 0 Å². The molecule has 19 heavy (non-hydrogen) atoms. The summed E-state index contributed by atoms with van der Waals surface area (Å²) >= 11 is 0. The third-order valence-corrected chi connectivity index (χ3v) is 4.08. The molecule has 0 aliphatic heterocycles. The SMILES string of the molecule is CCN(C(=O)N(C)CC1CCCC1)C(C)(C)C(=O)O. The molecule has 0 bridgehead atoms. The minimum absolute atomic E-state index is 0.193. The summed E-state index contributed by atoms with van der Waals surface area (Å²) in [6, 6.07) is -0.193. The van der Waals surface area contributed by atoms with Crippen molar-refractivity contribution < 1.29 is 14.7 Å². The quantitative estimate of drug-likeness (QED) is 0.834. The van der Waals surface area contributed by atoms with Crippen LogP contribution in [-0.4, -0.2) is 52.6 Å². The molecule has 1 N–H and O–H groups in total. The lowest BCUT2D eigenvalue weighted by Gasteiger charge is -2.37. The van der Waals surface area contributed by atoms with E-state index >= 15 is 0 Å². The van der Waals surface area contributed by atoms with E-state index in [1.54, 1.807) is 25.8 Å². The lowest BCUT2D eigenvalue weighted by molar-refractivity contribution is -0.147. The van der Waals surface area contributed by atoms with Crippen molar-refractivity contribution in [1.29, 1.82) is 0 Å². The van der Waals surface area contributed by atoms with Crippen molar-refractivity contribution in [1.82, 2.24) is 9.80 Å². The van der Waals surface area contributed by atoms with Crippen LogP contribution in [0.25, 0.3) is 0 Å². The van der Waals surface area contributed by atoms with Crippen molar-refractivity contribution >= 4 is 12.0 Å². The zero-order chi connectivity index (χ0) is 14.6. The van der Waals surface area contributed by atoms with E-state index in [0.717, 1.165) is 6.54 Å². The summed E-state index contributed by atoms with van der Waals surface area (Å²) in [7, 11) is 1.77. The van der Waals surface area contributed by atoms with Crippen LogP contribution in [-0.2, 0) is 4.79 Å². The Balaban J connectivity index is 2.69. The maximum Gasteiger partial charge on any atom is 0.329 e. The lowest BCUT2D eigenvalue weighted by Crippen LogP contribution is -2.56. The molecule has 1 aliphatic carbocycles. The number of amides is 2. The molecule has 0 atom stereocenters. The average Bonchev–Trinajstić information content (AvgIpc) is 2.81. The molecule has 1 fully saturated rings. The van der Waals surface area contributed by atoms with Crippen LogP contribution in [0, 0.1) is 5.92 Å². The third kappa shape index (κ3) is 3.61. The first kappa shape index (κ1) is 15.8. The molecule has 0 saturated heterocycles. The largest absolute Gasteiger partial charge is 0.480 e. The number of likely N-dealkylation sites (N-methyl/N-ethyl adjacent to an activating group) is 1. The van der Waals surface area contributed by atoms with E-state index in [9.17, 15) is 14.7 Å². The summed E-state index contributed by atoms with van der Waals surface area (Å²) in [6.45, 7) is 6.07. The predicted molar refractivity (Wildman–Crippen MR) is 74.1 cm³/mol. The number of carbonyl (C=O) groups is 2. The summed E-state index contributed by atoms with van der Waals surface area (Å²) < 4.78 is 0. The van der Waals surface area contributed by atoms with Crippen molar-refractivity contribution in [2.75, 3.05) is 20.1 Å². The lowest BCUT2D eigenvalue weighted by atomic mass is 10.0. The van der Waals surface area contributed by atoms with Gasteiger partial charge in [0.2, 0.25) is 0 Å². The molecule has 1 aliphatic rings. The van der Waals surface area contributed by atoms with Gasteiger partial charge in [0.25, 0.3) is 0 Å². The van der Waals surface area contributed by atoms with Crippen molar-refractivity contribution in [3.63, 3.8) is 0 Å². The van der Waals surface area contributed by atoms with Gasteiger partial charge in [0.05, 0.1) is 0 Å². The second-order valence-electron chi connectivity index (χ2n) is 5.92. The zero-order valence-corrected chi connectivity index (χ0v) is 12.5. The minimum atomic E-state index is -1.17. The third-order valence-electron chi connectivity index (χ3n) is 4.08. The normalized spacial score (nSPS) is 16.4. The van der Waals surface area contributed by atoms with Crippen LogP contribution in [0.2, 0.25) is 0 Å². The number of carbonyl (C=O) groups excluding carboxylic acids is 1. The van der Waals surface area contributed by atoms with E-state index in [4.69, 9.17) is 0 Å². The summed E-state index contributed by atoms with van der Waals surface area (Å²) in [5.41, 5.74) is -1.17. The van der Waals surface area contributed by atoms with Gasteiger partial charge in [0.15, 0.2) is 0 Å². The first-order valence-corrected chi connectivity index (χ1v) is 7.06. The van der Waals surface area contributed by atoms with Gasteiger partial charge in [0, 0.05) is 20.1 Å². The van der Waals surface area contributed by atoms with Gasteiger partial charge in [-0.05, 0) is 39.5 Å². The van der Waals surface area contributed by atoms with E-state index < -0.39 is 11.5 Å². The topological polar surface area (TPSA) is 60.9 Å². The smallest absolute Gasteiger partial charge is 0.329 e. The summed E-state index contributed by atoms with van der Waals surface area (Å²) in [6.07, 6.45) is 4.83. The van der Waals surface area contributed by atoms with Gasteiger partial charge in [-0.2, -0.15) is 0 Å². The highest BCUT2D eigenvalue weighted by atomic mass is 16.4. The Morgan fingerprint density at radius 2 is 1.79 bits per heavy atom. The van der Waals surface area contributed by atoms with E-state index in [0.29, 0.717) is 12.5 Å². The molecule has 1 saturated carbocycles. The highest BCUT2D eigenvalue weighted by Gasteiger charge is 2.38. The van der Waals surface area contributed by atoms with Gasteiger partial charge in [-0.15, -0.1) is 0 Å². The van der Waals surface area contributed by atoms with E-state index in [1.807, 2.05) is 6.92 Å². The van der Waals surface area contributed by atoms with Gasteiger partial charge in [0.1, 0.15) is 5.54 Å². The van der Waals surface area contributed by atoms with Crippen LogP contribution in [0.5, 0.6) is 0 Å². The molecule has 0 radical (unpaired) electrons. The highest BCUT2D eigenvalue weighted by Crippen LogP contribution is 2.26. The van der Waals surface area contributed by atoms with Crippen LogP contribution < -0.4 is 0 Å². The Morgan fingerprint density at radius 3 is 2.21 bits per heavy atom. The maximum absolute atomic E-state index is 12.4. The van der Waals surface area contributed by atoms with Gasteiger partial charge in [-0.25, -0.2) is 9.59 Å². The molecule has 0 unspecified atom stereocenters. The number of urea groups is 1. The van der Waals surface area contributed by atoms with E-state index in [2.05, 4.69) is 0 Å². The van der Waals surface area contributed by atoms with Gasteiger partial charge in [-0.1, -0.05) is 12.8 Å². The molecular formula is C14H26N2O3. The summed E-state index contributed by atoms with van der Waals surface area (Å²) in [5.74, 6) is -0.405. The number of hydrogen-bond acceptors (Lipinski definition) is 2. The van der Waals surface area contributed by atoms with Crippen molar-refractivity contribution in [2.24, 2.45) is 5.92 Å². The molecule has 110 valence electrons. The first-order valence-electron chi connectivity index (χ1n) is 7.06. The number of rotatable bonds is 5.